The highest BCUT2D eigenvalue weighted by Gasteiger charge is 2.23. The molecule has 0 radical (unpaired) electrons. The van der Waals surface area contributed by atoms with Crippen LogP contribution in [-0.4, -0.2) is 18.6 Å². The Balaban J connectivity index is 2.79. The summed E-state index contributed by atoms with van der Waals surface area (Å²) in [5, 5.41) is 3.06. The summed E-state index contributed by atoms with van der Waals surface area (Å²) in [6.07, 6.45) is 0.844. The van der Waals surface area contributed by atoms with Crippen molar-refractivity contribution in [3.63, 3.8) is 0 Å². The van der Waals surface area contributed by atoms with E-state index in [2.05, 4.69) is 4.98 Å². The van der Waals surface area contributed by atoms with Crippen LogP contribution in [-0.2, 0) is 16.8 Å². The van der Waals surface area contributed by atoms with Gasteiger partial charge in [-0.3, -0.25) is 0 Å². The molecule has 3 nitrogen and oxygen atoms in total. The Morgan fingerprint density at radius 1 is 1.62 bits per heavy atom. The molecular formula is C9H16N2OS. The molecule has 1 rings (SSSR count). The first-order valence-electron chi connectivity index (χ1n) is 4.30. The molecule has 1 aromatic rings. The molecule has 1 heterocycles. The molecule has 0 saturated carbocycles. The predicted molar refractivity (Wildman–Crippen MR) is 54.9 cm³/mol. The third kappa shape index (κ3) is 2.49. The van der Waals surface area contributed by atoms with Crippen LogP contribution in [0.5, 0.6) is 0 Å². The van der Waals surface area contributed by atoms with Crippen LogP contribution in [0.1, 0.15) is 24.5 Å². The summed E-state index contributed by atoms with van der Waals surface area (Å²) in [7, 11) is 1.70. The van der Waals surface area contributed by atoms with Gasteiger partial charge >= 0.3 is 0 Å². The van der Waals surface area contributed by atoms with Gasteiger partial charge in [-0.05, 0) is 20.4 Å². The SMILES string of the molecule is COC(C)(C)c1nc(CCN)cs1. The fourth-order valence-electron chi connectivity index (χ4n) is 0.934. The van der Waals surface area contributed by atoms with Crippen LogP contribution < -0.4 is 5.73 Å². The molecule has 0 unspecified atom stereocenters. The number of aromatic nitrogens is 1. The summed E-state index contributed by atoms with van der Waals surface area (Å²) in [5.74, 6) is 0. The lowest BCUT2D eigenvalue weighted by Gasteiger charge is -2.19. The Kier molecular flexibility index (Phi) is 3.41. The quantitative estimate of drug-likeness (QED) is 0.801. The van der Waals surface area contributed by atoms with E-state index in [1.54, 1.807) is 18.4 Å². The molecule has 0 bridgehead atoms. The number of methoxy groups -OCH3 is 1. The van der Waals surface area contributed by atoms with Crippen molar-refractivity contribution in [2.45, 2.75) is 25.9 Å². The number of nitrogens with two attached hydrogens (primary N) is 1. The summed E-state index contributed by atoms with van der Waals surface area (Å²) in [4.78, 5) is 4.46. The predicted octanol–water partition coefficient (Wildman–Crippen LogP) is 1.53. The lowest BCUT2D eigenvalue weighted by Crippen LogP contribution is -2.19. The van der Waals surface area contributed by atoms with Gasteiger partial charge in [0, 0.05) is 18.9 Å². The summed E-state index contributed by atoms with van der Waals surface area (Å²) < 4.78 is 5.33. The van der Waals surface area contributed by atoms with Crippen LogP contribution in [0, 0.1) is 0 Å². The van der Waals surface area contributed by atoms with Crippen molar-refractivity contribution in [1.82, 2.24) is 4.98 Å². The third-order valence-corrected chi connectivity index (χ3v) is 3.17. The smallest absolute Gasteiger partial charge is 0.124 e. The van der Waals surface area contributed by atoms with E-state index < -0.39 is 0 Å². The van der Waals surface area contributed by atoms with Gasteiger partial charge in [0.25, 0.3) is 0 Å². The molecule has 0 aliphatic carbocycles. The maximum Gasteiger partial charge on any atom is 0.124 e. The Morgan fingerprint density at radius 2 is 2.31 bits per heavy atom. The molecular weight excluding hydrogens is 184 g/mol. The van der Waals surface area contributed by atoms with E-state index in [0.717, 1.165) is 17.1 Å². The lowest BCUT2D eigenvalue weighted by atomic mass is 10.1. The van der Waals surface area contributed by atoms with E-state index in [1.165, 1.54) is 0 Å². The molecule has 0 aliphatic rings. The summed E-state index contributed by atoms with van der Waals surface area (Å²) in [5.41, 5.74) is 6.23. The number of nitrogens with zero attached hydrogens (tertiary/aromatic N) is 1. The maximum absolute atomic E-state index is 5.44. The maximum atomic E-state index is 5.44. The van der Waals surface area contributed by atoms with E-state index in [0.29, 0.717) is 6.54 Å². The average Bonchev–Trinajstić information content (AvgIpc) is 2.54. The van der Waals surface area contributed by atoms with Gasteiger partial charge in [0.2, 0.25) is 0 Å². The second-order valence-electron chi connectivity index (χ2n) is 3.40. The molecule has 0 aromatic carbocycles. The van der Waals surface area contributed by atoms with Gasteiger partial charge in [-0.1, -0.05) is 0 Å². The van der Waals surface area contributed by atoms with Crippen molar-refractivity contribution in [1.29, 1.82) is 0 Å². The molecule has 2 N–H and O–H groups in total. The fraction of sp³-hybridized carbons (Fsp3) is 0.667. The first-order valence-corrected chi connectivity index (χ1v) is 5.18. The van der Waals surface area contributed by atoms with Crippen LogP contribution in [0.25, 0.3) is 0 Å². The highest BCUT2D eigenvalue weighted by Crippen LogP contribution is 2.26. The average molecular weight is 200 g/mol. The van der Waals surface area contributed by atoms with Crippen molar-refractivity contribution >= 4 is 11.3 Å². The standard InChI is InChI=1S/C9H16N2OS/c1-9(2,12-3)8-11-7(4-5-10)6-13-8/h6H,4-5,10H2,1-3H3. The number of ether oxygens (including phenoxy) is 1. The Bertz CT molecular complexity index is 270. The minimum atomic E-state index is -0.280. The van der Waals surface area contributed by atoms with E-state index in [9.17, 15) is 0 Å². The Hall–Kier alpha value is -0.450. The molecule has 13 heavy (non-hydrogen) atoms. The van der Waals surface area contributed by atoms with Crippen molar-refractivity contribution < 1.29 is 4.74 Å². The van der Waals surface area contributed by atoms with E-state index in [1.807, 2.05) is 19.2 Å². The third-order valence-electron chi connectivity index (χ3n) is 1.98. The second-order valence-corrected chi connectivity index (χ2v) is 4.26. The van der Waals surface area contributed by atoms with Gasteiger partial charge in [0.15, 0.2) is 0 Å². The van der Waals surface area contributed by atoms with Gasteiger partial charge in [0.1, 0.15) is 10.6 Å². The number of hydrogen-bond donors (Lipinski definition) is 1. The normalized spacial score (nSPS) is 12.0. The van der Waals surface area contributed by atoms with Crippen LogP contribution in [0.2, 0.25) is 0 Å². The number of thiazole rings is 1. The van der Waals surface area contributed by atoms with Crippen molar-refractivity contribution in [3.8, 4) is 0 Å². The molecule has 0 spiro atoms. The van der Waals surface area contributed by atoms with E-state index >= 15 is 0 Å². The summed E-state index contributed by atoms with van der Waals surface area (Å²) in [6.45, 7) is 4.67. The van der Waals surface area contributed by atoms with Crippen molar-refractivity contribution in [2.24, 2.45) is 5.73 Å². The van der Waals surface area contributed by atoms with E-state index in [4.69, 9.17) is 10.5 Å². The van der Waals surface area contributed by atoms with E-state index in [-0.39, 0.29) is 5.60 Å². The lowest BCUT2D eigenvalue weighted by molar-refractivity contribution is 0.0189. The van der Waals surface area contributed by atoms with Crippen molar-refractivity contribution in [3.05, 3.63) is 16.1 Å². The highest BCUT2D eigenvalue weighted by atomic mass is 32.1. The molecule has 0 atom stereocenters. The summed E-state index contributed by atoms with van der Waals surface area (Å²) >= 11 is 1.63. The Labute approximate surface area is 82.9 Å². The monoisotopic (exact) mass is 200 g/mol. The van der Waals surface area contributed by atoms with Gasteiger partial charge in [-0.25, -0.2) is 4.98 Å². The molecule has 1 aromatic heterocycles. The van der Waals surface area contributed by atoms with Gasteiger partial charge in [-0.2, -0.15) is 0 Å². The topological polar surface area (TPSA) is 48.1 Å². The molecule has 0 aliphatic heterocycles. The fourth-order valence-corrected chi connectivity index (χ4v) is 1.89. The minimum absolute atomic E-state index is 0.280. The van der Waals surface area contributed by atoms with Crippen LogP contribution >= 0.6 is 11.3 Å². The zero-order valence-corrected chi connectivity index (χ0v) is 9.15. The molecule has 0 amide bonds. The number of hydrogen-bond acceptors (Lipinski definition) is 4. The summed E-state index contributed by atoms with van der Waals surface area (Å²) in [6, 6.07) is 0. The van der Waals surface area contributed by atoms with Crippen molar-refractivity contribution in [2.75, 3.05) is 13.7 Å². The Morgan fingerprint density at radius 3 is 2.85 bits per heavy atom. The second kappa shape index (κ2) is 4.17. The highest BCUT2D eigenvalue weighted by molar-refractivity contribution is 7.09. The van der Waals surface area contributed by atoms with Crippen LogP contribution in [0.3, 0.4) is 0 Å². The van der Waals surface area contributed by atoms with Gasteiger partial charge in [-0.15, -0.1) is 11.3 Å². The molecule has 74 valence electrons. The van der Waals surface area contributed by atoms with Gasteiger partial charge in [0.05, 0.1) is 5.69 Å². The van der Waals surface area contributed by atoms with Gasteiger partial charge < -0.3 is 10.5 Å². The molecule has 0 saturated heterocycles. The molecule has 4 heteroatoms. The zero-order chi connectivity index (χ0) is 9.90. The number of rotatable bonds is 4. The first kappa shape index (κ1) is 10.6. The van der Waals surface area contributed by atoms with Crippen LogP contribution in [0.4, 0.5) is 0 Å². The zero-order valence-electron chi connectivity index (χ0n) is 8.33. The minimum Gasteiger partial charge on any atom is -0.372 e. The largest absolute Gasteiger partial charge is 0.372 e. The molecule has 0 fully saturated rings. The van der Waals surface area contributed by atoms with Crippen LogP contribution in [0.15, 0.2) is 5.38 Å². The first-order chi connectivity index (χ1) is 6.10.